The molecule has 1 aromatic carbocycles. The molecule has 0 amide bonds. The zero-order valence-electron chi connectivity index (χ0n) is 18.0. The molecule has 164 valence electrons. The smallest absolute Gasteiger partial charge is 0.344 e. The fourth-order valence-corrected chi connectivity index (χ4v) is 2.78. The molecule has 30 heavy (non-hydrogen) atoms. The maximum absolute atomic E-state index is 12.0. The van der Waals surface area contributed by atoms with Gasteiger partial charge in [0, 0.05) is 31.0 Å². The first-order chi connectivity index (χ1) is 14.1. The van der Waals surface area contributed by atoms with Gasteiger partial charge in [-0.2, -0.15) is 0 Å². The Balaban J connectivity index is 2.23. The van der Waals surface area contributed by atoms with Gasteiger partial charge >= 0.3 is 17.6 Å². The summed E-state index contributed by atoms with van der Waals surface area (Å²) in [6.45, 7) is 7.27. The van der Waals surface area contributed by atoms with E-state index in [1.807, 2.05) is 0 Å². The summed E-state index contributed by atoms with van der Waals surface area (Å²) in [4.78, 5) is 35.7. The van der Waals surface area contributed by atoms with Crippen molar-refractivity contribution in [3.63, 3.8) is 0 Å². The maximum atomic E-state index is 12.0. The second kappa shape index (κ2) is 10.2. The van der Waals surface area contributed by atoms with E-state index >= 15 is 0 Å². The number of rotatable bonds is 9. The van der Waals surface area contributed by atoms with E-state index in [0.717, 1.165) is 10.9 Å². The van der Waals surface area contributed by atoms with Crippen LogP contribution in [0, 0.1) is 6.92 Å². The molecule has 0 N–H and O–H groups in total. The van der Waals surface area contributed by atoms with E-state index in [-0.39, 0.29) is 25.6 Å². The van der Waals surface area contributed by atoms with Gasteiger partial charge in [0.1, 0.15) is 23.5 Å². The highest BCUT2D eigenvalue weighted by Crippen LogP contribution is 2.28. The molecule has 0 radical (unpaired) electrons. The van der Waals surface area contributed by atoms with Crippen molar-refractivity contribution in [2.45, 2.75) is 46.1 Å². The Morgan fingerprint density at radius 2 is 1.80 bits per heavy atom. The van der Waals surface area contributed by atoms with Crippen molar-refractivity contribution in [1.82, 2.24) is 0 Å². The second-order valence-electron chi connectivity index (χ2n) is 7.79. The lowest BCUT2D eigenvalue weighted by atomic mass is 10.0. The number of fused-ring (bicyclic) bond motifs is 1. The molecule has 0 fully saturated rings. The maximum Gasteiger partial charge on any atom is 0.344 e. The summed E-state index contributed by atoms with van der Waals surface area (Å²) >= 11 is 0. The van der Waals surface area contributed by atoms with Crippen molar-refractivity contribution in [3.05, 3.63) is 39.7 Å². The minimum Gasteiger partial charge on any atom is -0.481 e. The molecule has 0 spiro atoms. The Hall–Kier alpha value is -2.87. The fraction of sp³-hybridized carbons (Fsp3) is 0.500. The molecule has 1 heterocycles. The van der Waals surface area contributed by atoms with Gasteiger partial charge < -0.3 is 23.4 Å². The highest BCUT2D eigenvalue weighted by atomic mass is 16.6. The third kappa shape index (κ3) is 7.18. The van der Waals surface area contributed by atoms with Crippen LogP contribution in [0.2, 0.25) is 0 Å². The van der Waals surface area contributed by atoms with Crippen LogP contribution in [0.5, 0.6) is 5.75 Å². The van der Waals surface area contributed by atoms with Crippen LogP contribution in [0.15, 0.2) is 27.4 Å². The highest BCUT2D eigenvalue weighted by molar-refractivity contribution is 5.83. The molecular weight excluding hydrogens is 392 g/mol. The molecule has 1 aromatic heterocycles. The lowest BCUT2D eigenvalue weighted by Crippen LogP contribution is -2.27. The predicted molar refractivity (Wildman–Crippen MR) is 110 cm³/mol. The molecule has 0 unspecified atom stereocenters. The summed E-state index contributed by atoms with van der Waals surface area (Å²) in [7, 11) is 1.53. The molecule has 8 heteroatoms. The number of hydrogen-bond acceptors (Lipinski definition) is 8. The van der Waals surface area contributed by atoms with Crippen molar-refractivity contribution >= 4 is 22.9 Å². The minimum atomic E-state index is -0.636. The van der Waals surface area contributed by atoms with Crippen LogP contribution in [-0.2, 0) is 30.2 Å². The van der Waals surface area contributed by atoms with E-state index in [0.29, 0.717) is 29.9 Å². The molecule has 2 rings (SSSR count). The largest absolute Gasteiger partial charge is 0.481 e. The number of ether oxygens (including phenoxy) is 4. The minimum absolute atomic E-state index is 0.119. The van der Waals surface area contributed by atoms with Gasteiger partial charge in [-0.25, -0.2) is 9.59 Å². The van der Waals surface area contributed by atoms with E-state index in [1.165, 1.54) is 13.2 Å². The number of benzene rings is 1. The Morgan fingerprint density at radius 3 is 2.47 bits per heavy atom. The van der Waals surface area contributed by atoms with Crippen LogP contribution >= 0.6 is 0 Å². The van der Waals surface area contributed by atoms with Gasteiger partial charge in [0.25, 0.3) is 0 Å². The zero-order valence-corrected chi connectivity index (χ0v) is 18.0. The summed E-state index contributed by atoms with van der Waals surface area (Å²) in [5, 5.41) is 0.724. The summed E-state index contributed by atoms with van der Waals surface area (Å²) in [6, 6.07) is 4.74. The van der Waals surface area contributed by atoms with Crippen LogP contribution in [-0.4, -0.2) is 44.5 Å². The third-order valence-electron chi connectivity index (χ3n) is 4.05. The van der Waals surface area contributed by atoms with Crippen molar-refractivity contribution in [2.75, 3.05) is 26.9 Å². The predicted octanol–water partition coefficient (Wildman–Crippen LogP) is 2.94. The molecule has 0 saturated heterocycles. The molecule has 0 atom stereocenters. The van der Waals surface area contributed by atoms with Crippen LogP contribution in [0.4, 0.5) is 0 Å². The number of methoxy groups -OCH3 is 1. The van der Waals surface area contributed by atoms with Gasteiger partial charge in [0.2, 0.25) is 0 Å². The summed E-state index contributed by atoms with van der Waals surface area (Å²) in [5.74, 6) is -0.563. The normalized spacial score (nSPS) is 11.4. The van der Waals surface area contributed by atoms with E-state index in [4.69, 9.17) is 23.4 Å². The van der Waals surface area contributed by atoms with Gasteiger partial charge in [-0.1, -0.05) is 0 Å². The lowest BCUT2D eigenvalue weighted by molar-refractivity contribution is -0.157. The number of esters is 2. The number of carbonyl (C=O) groups is 2. The molecule has 8 nitrogen and oxygen atoms in total. The zero-order chi connectivity index (χ0) is 22.3. The number of aryl methyl sites for hydroxylation is 2. The van der Waals surface area contributed by atoms with Crippen LogP contribution in [0.3, 0.4) is 0 Å². The Bertz CT molecular complexity index is 952. The highest BCUT2D eigenvalue weighted by Gasteiger charge is 2.18. The van der Waals surface area contributed by atoms with E-state index < -0.39 is 17.2 Å². The average molecular weight is 420 g/mol. The standard InChI is InChI=1S/C22H28O8/c1-14-10-20(24)29-18-12-17(28-13-21(25)30-22(2,3)4)15(11-16(14)18)6-7-19(23)27-9-8-26-5/h10-12H,6-9,13H2,1-5H3. The van der Waals surface area contributed by atoms with Gasteiger partial charge in [-0.15, -0.1) is 0 Å². The molecule has 0 bridgehead atoms. The van der Waals surface area contributed by atoms with Crippen molar-refractivity contribution in [2.24, 2.45) is 0 Å². The Labute approximate surface area is 175 Å². The number of carbonyl (C=O) groups excluding carboxylic acids is 2. The first kappa shape index (κ1) is 23.4. The van der Waals surface area contributed by atoms with Crippen LogP contribution in [0.25, 0.3) is 11.0 Å². The lowest BCUT2D eigenvalue weighted by Gasteiger charge is -2.20. The van der Waals surface area contributed by atoms with Gasteiger partial charge in [-0.05, 0) is 51.3 Å². The Morgan fingerprint density at radius 1 is 1.07 bits per heavy atom. The summed E-state index contributed by atoms with van der Waals surface area (Å²) < 4.78 is 26.1. The second-order valence-corrected chi connectivity index (χ2v) is 7.79. The van der Waals surface area contributed by atoms with Crippen molar-refractivity contribution in [3.8, 4) is 5.75 Å². The van der Waals surface area contributed by atoms with E-state index in [1.54, 1.807) is 39.8 Å². The average Bonchev–Trinajstić information content (AvgIpc) is 2.63. The molecule has 0 aliphatic heterocycles. The first-order valence-corrected chi connectivity index (χ1v) is 9.65. The fourth-order valence-electron chi connectivity index (χ4n) is 2.78. The van der Waals surface area contributed by atoms with Crippen molar-refractivity contribution < 1.29 is 33.0 Å². The van der Waals surface area contributed by atoms with Gasteiger partial charge in [-0.3, -0.25) is 4.79 Å². The third-order valence-corrected chi connectivity index (χ3v) is 4.05. The van der Waals surface area contributed by atoms with Crippen LogP contribution in [0.1, 0.15) is 38.3 Å². The number of hydrogen-bond donors (Lipinski definition) is 0. The molecular formula is C22H28O8. The van der Waals surface area contributed by atoms with E-state index in [9.17, 15) is 14.4 Å². The summed E-state index contributed by atoms with van der Waals surface area (Å²) in [5.41, 5.74) is 0.649. The van der Waals surface area contributed by atoms with Gasteiger partial charge in [0.05, 0.1) is 6.61 Å². The first-order valence-electron chi connectivity index (χ1n) is 9.65. The molecule has 2 aromatic rings. The Kier molecular flexibility index (Phi) is 8.00. The van der Waals surface area contributed by atoms with E-state index in [2.05, 4.69) is 0 Å². The molecule has 0 aliphatic carbocycles. The monoisotopic (exact) mass is 420 g/mol. The van der Waals surface area contributed by atoms with Gasteiger partial charge in [0.15, 0.2) is 6.61 Å². The molecule has 0 saturated carbocycles. The SMILES string of the molecule is COCCOC(=O)CCc1cc2c(C)cc(=O)oc2cc1OCC(=O)OC(C)(C)C. The quantitative estimate of drug-likeness (QED) is 0.347. The summed E-state index contributed by atoms with van der Waals surface area (Å²) in [6.07, 6.45) is 0.442. The van der Waals surface area contributed by atoms with Crippen molar-refractivity contribution in [1.29, 1.82) is 0 Å². The van der Waals surface area contributed by atoms with Crippen LogP contribution < -0.4 is 10.4 Å². The molecule has 0 aliphatic rings. The topological polar surface area (TPSA) is 101 Å².